The van der Waals surface area contributed by atoms with E-state index in [4.69, 9.17) is 5.73 Å². The number of benzene rings is 1. The zero-order valence-electron chi connectivity index (χ0n) is 16.2. The molecule has 1 aromatic carbocycles. The summed E-state index contributed by atoms with van der Waals surface area (Å²) in [6.07, 6.45) is 3.58. The second-order valence-electron chi connectivity index (χ2n) is 7.27. The van der Waals surface area contributed by atoms with Crippen LogP contribution in [0.4, 0.5) is 4.79 Å². The fourth-order valence-corrected chi connectivity index (χ4v) is 3.63. The molecule has 26 heavy (non-hydrogen) atoms. The summed E-state index contributed by atoms with van der Waals surface area (Å²) in [6.45, 7) is 4.09. The Morgan fingerprint density at radius 2 is 1.92 bits per heavy atom. The summed E-state index contributed by atoms with van der Waals surface area (Å²) in [5.74, 6) is -0.260. The molecule has 2 N–H and O–H groups in total. The summed E-state index contributed by atoms with van der Waals surface area (Å²) in [4.78, 5) is 30.3. The van der Waals surface area contributed by atoms with Gasteiger partial charge in [-0.3, -0.25) is 9.69 Å². The molecule has 0 radical (unpaired) electrons. The molecule has 3 amide bonds. The molecule has 2 rings (SSSR count). The molecule has 0 saturated carbocycles. The average Bonchev–Trinajstić information content (AvgIpc) is 2.62. The van der Waals surface area contributed by atoms with Gasteiger partial charge in [0.25, 0.3) is 0 Å². The first-order chi connectivity index (χ1) is 12.4. The van der Waals surface area contributed by atoms with Crippen LogP contribution in [0.3, 0.4) is 0 Å². The lowest BCUT2D eigenvalue weighted by Gasteiger charge is -2.44. The molecule has 1 aliphatic rings. The summed E-state index contributed by atoms with van der Waals surface area (Å²) in [5, 5.41) is 0. The highest BCUT2D eigenvalue weighted by Crippen LogP contribution is 2.20. The van der Waals surface area contributed by atoms with E-state index in [-0.39, 0.29) is 24.0 Å². The SMILES string of the molecule is CCCCC(C(N)=O)N1CCN(C(=O)N(C)C)[C@H](Cc2ccccc2)C1. The van der Waals surface area contributed by atoms with Gasteiger partial charge in [0.05, 0.1) is 12.1 Å². The highest BCUT2D eigenvalue weighted by atomic mass is 16.2. The highest BCUT2D eigenvalue weighted by Gasteiger charge is 2.35. The smallest absolute Gasteiger partial charge is 0.319 e. The normalized spacial score (nSPS) is 19.2. The molecule has 2 atom stereocenters. The Morgan fingerprint density at radius 3 is 2.50 bits per heavy atom. The quantitative estimate of drug-likeness (QED) is 0.808. The Labute approximate surface area is 156 Å². The molecule has 6 nitrogen and oxygen atoms in total. The number of carbonyl (C=O) groups is 2. The number of amides is 3. The third-order valence-corrected chi connectivity index (χ3v) is 5.06. The monoisotopic (exact) mass is 360 g/mol. The number of nitrogens with zero attached hydrogens (tertiary/aromatic N) is 3. The van der Waals surface area contributed by atoms with Crippen molar-refractivity contribution >= 4 is 11.9 Å². The zero-order valence-corrected chi connectivity index (χ0v) is 16.2. The van der Waals surface area contributed by atoms with Crippen LogP contribution in [-0.2, 0) is 11.2 Å². The molecule has 1 aliphatic heterocycles. The maximum absolute atomic E-state index is 12.6. The fourth-order valence-electron chi connectivity index (χ4n) is 3.63. The number of nitrogens with two attached hydrogens (primary N) is 1. The van der Waals surface area contributed by atoms with Crippen molar-refractivity contribution in [1.29, 1.82) is 0 Å². The Morgan fingerprint density at radius 1 is 1.23 bits per heavy atom. The molecule has 1 fully saturated rings. The fraction of sp³-hybridized carbons (Fsp3) is 0.600. The van der Waals surface area contributed by atoms with Crippen molar-refractivity contribution in [2.24, 2.45) is 5.73 Å². The maximum atomic E-state index is 12.6. The lowest BCUT2D eigenvalue weighted by Crippen LogP contribution is -2.61. The first-order valence-electron chi connectivity index (χ1n) is 9.49. The van der Waals surface area contributed by atoms with Gasteiger partial charge in [-0.05, 0) is 18.4 Å². The van der Waals surface area contributed by atoms with E-state index in [1.807, 2.05) is 23.1 Å². The van der Waals surface area contributed by atoms with Crippen molar-refractivity contribution in [3.63, 3.8) is 0 Å². The van der Waals surface area contributed by atoms with Crippen molar-refractivity contribution < 1.29 is 9.59 Å². The zero-order chi connectivity index (χ0) is 19.1. The molecular weight excluding hydrogens is 328 g/mol. The number of unbranched alkanes of at least 4 members (excludes halogenated alkanes) is 1. The highest BCUT2D eigenvalue weighted by molar-refractivity contribution is 5.80. The summed E-state index contributed by atoms with van der Waals surface area (Å²) >= 11 is 0. The van der Waals surface area contributed by atoms with E-state index in [1.165, 1.54) is 5.56 Å². The Balaban J connectivity index is 2.17. The Hall–Kier alpha value is -2.08. The molecule has 144 valence electrons. The van der Waals surface area contributed by atoms with E-state index in [1.54, 1.807) is 19.0 Å². The lowest BCUT2D eigenvalue weighted by molar-refractivity contribution is -0.124. The molecule has 1 saturated heterocycles. The van der Waals surface area contributed by atoms with Crippen LogP contribution in [-0.4, -0.2) is 72.5 Å². The average molecular weight is 361 g/mol. The van der Waals surface area contributed by atoms with Gasteiger partial charge in [-0.2, -0.15) is 0 Å². The summed E-state index contributed by atoms with van der Waals surface area (Å²) < 4.78 is 0. The summed E-state index contributed by atoms with van der Waals surface area (Å²) in [6, 6.07) is 10.00. The number of primary amides is 1. The second-order valence-corrected chi connectivity index (χ2v) is 7.27. The number of hydrogen-bond donors (Lipinski definition) is 1. The third-order valence-electron chi connectivity index (χ3n) is 5.06. The van der Waals surface area contributed by atoms with Gasteiger partial charge in [0.2, 0.25) is 5.91 Å². The van der Waals surface area contributed by atoms with Crippen molar-refractivity contribution in [1.82, 2.24) is 14.7 Å². The van der Waals surface area contributed by atoms with Crippen LogP contribution in [0.2, 0.25) is 0 Å². The van der Waals surface area contributed by atoms with Gasteiger partial charge < -0.3 is 15.5 Å². The van der Waals surface area contributed by atoms with Crippen molar-refractivity contribution in [3.05, 3.63) is 35.9 Å². The van der Waals surface area contributed by atoms with Gasteiger partial charge in [0, 0.05) is 33.7 Å². The van der Waals surface area contributed by atoms with Crippen LogP contribution >= 0.6 is 0 Å². The van der Waals surface area contributed by atoms with E-state index in [0.717, 1.165) is 25.7 Å². The lowest BCUT2D eigenvalue weighted by atomic mass is 9.99. The van der Waals surface area contributed by atoms with Gasteiger partial charge in [-0.15, -0.1) is 0 Å². The van der Waals surface area contributed by atoms with Gasteiger partial charge in [0.15, 0.2) is 0 Å². The van der Waals surface area contributed by atoms with Crippen LogP contribution in [0.1, 0.15) is 31.7 Å². The second kappa shape index (κ2) is 9.57. The van der Waals surface area contributed by atoms with Crippen LogP contribution in [0.25, 0.3) is 0 Å². The molecule has 1 heterocycles. The Kier molecular flexibility index (Phi) is 7.45. The molecule has 0 bridgehead atoms. The largest absolute Gasteiger partial charge is 0.368 e. The van der Waals surface area contributed by atoms with E-state index in [9.17, 15) is 9.59 Å². The number of hydrogen-bond acceptors (Lipinski definition) is 3. The van der Waals surface area contributed by atoms with Crippen molar-refractivity contribution in [3.8, 4) is 0 Å². The van der Waals surface area contributed by atoms with Crippen LogP contribution in [0.15, 0.2) is 30.3 Å². The van der Waals surface area contributed by atoms with Crippen LogP contribution in [0.5, 0.6) is 0 Å². The number of piperazine rings is 1. The van der Waals surface area contributed by atoms with Crippen molar-refractivity contribution in [2.75, 3.05) is 33.7 Å². The van der Waals surface area contributed by atoms with Gasteiger partial charge in [-0.25, -0.2) is 4.79 Å². The van der Waals surface area contributed by atoms with Gasteiger partial charge in [0.1, 0.15) is 0 Å². The molecule has 0 aliphatic carbocycles. The Bertz CT molecular complexity index is 591. The summed E-state index contributed by atoms with van der Waals surface area (Å²) in [5.41, 5.74) is 6.87. The topological polar surface area (TPSA) is 69.9 Å². The van der Waals surface area contributed by atoms with E-state index >= 15 is 0 Å². The molecule has 1 unspecified atom stereocenters. The first kappa shape index (κ1) is 20.2. The molecular formula is C20H32N4O2. The number of rotatable bonds is 7. The molecule has 0 aromatic heterocycles. The van der Waals surface area contributed by atoms with E-state index in [2.05, 4.69) is 24.0 Å². The predicted octanol–water partition coefficient (Wildman–Crippen LogP) is 1.94. The van der Waals surface area contributed by atoms with Crippen LogP contribution in [0, 0.1) is 0 Å². The number of carbonyl (C=O) groups excluding carboxylic acids is 2. The first-order valence-corrected chi connectivity index (χ1v) is 9.49. The minimum Gasteiger partial charge on any atom is -0.368 e. The van der Waals surface area contributed by atoms with Gasteiger partial charge >= 0.3 is 6.03 Å². The van der Waals surface area contributed by atoms with Crippen molar-refractivity contribution in [2.45, 2.75) is 44.7 Å². The minimum atomic E-state index is -0.260. The van der Waals surface area contributed by atoms with Crippen LogP contribution < -0.4 is 5.73 Å². The standard InChI is InChI=1S/C20H32N4O2/c1-4-5-11-18(19(21)25)23-12-13-24(20(26)22(2)3)17(15-23)14-16-9-7-6-8-10-16/h6-10,17-18H,4-5,11-15H2,1-3H3,(H2,21,25)/t17-,18?/m1/s1. The molecule has 6 heteroatoms. The van der Waals surface area contributed by atoms with Gasteiger partial charge in [-0.1, -0.05) is 50.1 Å². The molecule has 0 spiro atoms. The maximum Gasteiger partial charge on any atom is 0.319 e. The number of urea groups is 1. The minimum absolute atomic E-state index is 0.0229. The molecule has 1 aromatic rings. The summed E-state index contributed by atoms with van der Waals surface area (Å²) in [7, 11) is 3.56. The van der Waals surface area contributed by atoms with E-state index in [0.29, 0.717) is 19.6 Å². The third kappa shape index (κ3) is 5.21. The predicted molar refractivity (Wildman–Crippen MR) is 104 cm³/mol. The van der Waals surface area contributed by atoms with E-state index < -0.39 is 0 Å².